The SMILES string of the molecule is CC#CC(C)(C)OC(=O)COc1c(C)cc(-[s+]2c(C)cc3ccccc32)cc1C. The van der Waals surface area contributed by atoms with Crippen LogP contribution in [-0.2, 0) is 9.53 Å². The number of aryl methyl sites for hydroxylation is 3. The Morgan fingerprint density at radius 1 is 1.07 bits per heavy atom. The van der Waals surface area contributed by atoms with Gasteiger partial charge in [0.2, 0.25) is 0 Å². The Hall–Kier alpha value is -2.77. The van der Waals surface area contributed by atoms with Crippen molar-refractivity contribution < 1.29 is 14.3 Å². The molecule has 29 heavy (non-hydrogen) atoms. The standard InChI is InChI=1S/C25H27O3S/c1-7-12-25(5,6)28-23(26)16-27-24-17(2)13-21(14-18(24)3)29-19(4)15-20-10-8-9-11-22(20)29/h8-11,13-15H,16H2,1-6H3/q+1. The first kappa shape index (κ1) is 21.0. The summed E-state index contributed by atoms with van der Waals surface area (Å²) in [4.78, 5) is 14.8. The summed E-state index contributed by atoms with van der Waals surface area (Å²) >= 11 is 0. The molecule has 3 rings (SSSR count). The molecule has 3 aromatic rings. The van der Waals surface area contributed by atoms with Crippen LogP contribution in [-0.4, -0.2) is 18.2 Å². The molecule has 3 nitrogen and oxygen atoms in total. The molecular weight excluding hydrogens is 380 g/mol. The van der Waals surface area contributed by atoms with Gasteiger partial charge in [-0.2, -0.15) is 0 Å². The van der Waals surface area contributed by atoms with Gasteiger partial charge >= 0.3 is 5.97 Å². The zero-order chi connectivity index (χ0) is 21.2. The van der Waals surface area contributed by atoms with Crippen LogP contribution in [0.3, 0.4) is 0 Å². The summed E-state index contributed by atoms with van der Waals surface area (Å²) in [6.07, 6.45) is 0. The van der Waals surface area contributed by atoms with E-state index in [1.54, 1.807) is 20.8 Å². The third-order valence-electron chi connectivity index (χ3n) is 4.62. The number of hydrogen-bond acceptors (Lipinski definition) is 3. The van der Waals surface area contributed by atoms with E-state index >= 15 is 0 Å². The number of ether oxygens (including phenoxy) is 2. The average molecular weight is 408 g/mol. The van der Waals surface area contributed by atoms with Crippen molar-refractivity contribution in [2.24, 2.45) is 0 Å². The number of esters is 1. The molecule has 2 aromatic carbocycles. The second-order valence-electron chi connectivity index (χ2n) is 7.63. The van der Waals surface area contributed by atoms with Crippen molar-refractivity contribution >= 4 is 26.5 Å². The lowest BCUT2D eigenvalue weighted by atomic mass is 10.1. The highest BCUT2D eigenvalue weighted by Gasteiger charge is 2.23. The molecule has 0 aliphatic carbocycles. The Kier molecular flexibility index (Phi) is 6.00. The number of benzene rings is 2. The van der Waals surface area contributed by atoms with Crippen LogP contribution in [0.25, 0.3) is 15.0 Å². The minimum atomic E-state index is -0.815. The van der Waals surface area contributed by atoms with Gasteiger partial charge in [0.05, 0.1) is 0 Å². The molecule has 0 fully saturated rings. The van der Waals surface area contributed by atoms with E-state index < -0.39 is 11.6 Å². The number of carbonyl (C=O) groups excluding carboxylic acids is 1. The Morgan fingerprint density at radius 3 is 2.38 bits per heavy atom. The molecule has 0 saturated heterocycles. The zero-order valence-electron chi connectivity index (χ0n) is 17.9. The maximum absolute atomic E-state index is 12.2. The predicted molar refractivity (Wildman–Crippen MR) is 121 cm³/mol. The summed E-state index contributed by atoms with van der Waals surface area (Å²) in [7, 11) is -0.0690. The van der Waals surface area contributed by atoms with Crippen molar-refractivity contribution in [1.29, 1.82) is 0 Å². The van der Waals surface area contributed by atoms with E-state index in [0.29, 0.717) is 0 Å². The van der Waals surface area contributed by atoms with Gasteiger partial charge in [0.15, 0.2) is 26.7 Å². The highest BCUT2D eigenvalue weighted by Crippen LogP contribution is 2.45. The third kappa shape index (κ3) is 4.63. The minimum absolute atomic E-state index is 0.0690. The molecule has 0 amide bonds. The fraction of sp³-hybridized carbons (Fsp3) is 0.320. The summed E-state index contributed by atoms with van der Waals surface area (Å²) < 4.78 is 12.6. The fourth-order valence-corrected chi connectivity index (χ4v) is 5.96. The molecule has 0 aliphatic rings. The molecule has 0 aliphatic heterocycles. The van der Waals surface area contributed by atoms with Gasteiger partial charge in [-0.25, -0.2) is 4.79 Å². The first-order chi connectivity index (χ1) is 13.7. The molecule has 0 spiro atoms. The van der Waals surface area contributed by atoms with E-state index in [2.05, 4.69) is 61.2 Å². The van der Waals surface area contributed by atoms with E-state index in [4.69, 9.17) is 9.47 Å². The van der Waals surface area contributed by atoms with Crippen LogP contribution in [0.4, 0.5) is 0 Å². The smallest absolute Gasteiger partial charge is 0.345 e. The van der Waals surface area contributed by atoms with Gasteiger partial charge in [-0.05, 0) is 57.9 Å². The van der Waals surface area contributed by atoms with Crippen LogP contribution in [0.1, 0.15) is 36.8 Å². The van der Waals surface area contributed by atoms with E-state index in [0.717, 1.165) is 16.9 Å². The number of thiophene rings is 1. The van der Waals surface area contributed by atoms with Crippen LogP contribution < -0.4 is 4.74 Å². The van der Waals surface area contributed by atoms with Crippen molar-refractivity contribution in [2.75, 3.05) is 6.61 Å². The molecule has 150 valence electrons. The average Bonchev–Trinajstić information content (AvgIpc) is 2.96. The van der Waals surface area contributed by atoms with E-state index in [1.165, 1.54) is 19.9 Å². The number of carbonyl (C=O) groups is 1. The molecule has 0 bridgehead atoms. The van der Waals surface area contributed by atoms with Crippen molar-refractivity contribution in [2.45, 2.75) is 47.1 Å². The maximum atomic E-state index is 12.2. The Labute approximate surface area is 175 Å². The van der Waals surface area contributed by atoms with Gasteiger partial charge in [0.1, 0.15) is 5.75 Å². The lowest BCUT2D eigenvalue weighted by Gasteiger charge is -2.19. The highest BCUT2D eigenvalue weighted by atomic mass is 32.2. The lowest BCUT2D eigenvalue weighted by molar-refractivity contribution is -0.154. The zero-order valence-corrected chi connectivity index (χ0v) is 18.7. The maximum Gasteiger partial charge on any atom is 0.345 e. The number of rotatable bonds is 5. The molecule has 1 aromatic heterocycles. The van der Waals surface area contributed by atoms with Gasteiger partial charge in [0.25, 0.3) is 0 Å². The quantitative estimate of drug-likeness (QED) is 0.286. The van der Waals surface area contributed by atoms with Crippen LogP contribution in [0.2, 0.25) is 0 Å². The van der Waals surface area contributed by atoms with Gasteiger partial charge < -0.3 is 9.47 Å². The first-order valence-electron chi connectivity index (χ1n) is 9.63. The van der Waals surface area contributed by atoms with Crippen LogP contribution in [0.15, 0.2) is 42.5 Å². The molecule has 1 heterocycles. The molecule has 1 atom stereocenters. The predicted octanol–water partition coefficient (Wildman–Crippen LogP) is 6.23. The van der Waals surface area contributed by atoms with Gasteiger partial charge in [0, 0.05) is 41.0 Å². The number of hydrogen-bond donors (Lipinski definition) is 0. The van der Waals surface area contributed by atoms with Crippen molar-refractivity contribution in [3.8, 4) is 22.5 Å². The summed E-state index contributed by atoms with van der Waals surface area (Å²) in [5.41, 5.74) is 1.22. The van der Waals surface area contributed by atoms with Crippen molar-refractivity contribution in [3.05, 3.63) is 58.5 Å². The Balaban J connectivity index is 1.84. The fourth-order valence-electron chi connectivity index (χ4n) is 3.58. The lowest BCUT2D eigenvalue weighted by Crippen LogP contribution is -2.29. The second kappa shape index (κ2) is 8.31. The normalized spacial score (nSPS) is 11.7. The molecule has 4 heteroatoms. The van der Waals surface area contributed by atoms with E-state index in [1.807, 2.05) is 13.8 Å². The van der Waals surface area contributed by atoms with Crippen molar-refractivity contribution in [1.82, 2.24) is 0 Å². The van der Waals surface area contributed by atoms with Crippen LogP contribution >= 0.6 is 10.5 Å². The molecular formula is C25H27O3S+. The molecule has 0 saturated carbocycles. The Bertz CT molecular complexity index is 1100. The summed E-state index contributed by atoms with van der Waals surface area (Å²) in [5, 5.41) is 1.30. The molecule has 0 N–H and O–H groups in total. The van der Waals surface area contributed by atoms with Crippen LogP contribution in [0.5, 0.6) is 5.75 Å². The second-order valence-corrected chi connectivity index (χ2v) is 9.80. The monoisotopic (exact) mass is 407 g/mol. The van der Waals surface area contributed by atoms with Gasteiger partial charge in [-0.15, -0.1) is 5.92 Å². The Morgan fingerprint density at radius 2 is 1.72 bits per heavy atom. The van der Waals surface area contributed by atoms with E-state index in [9.17, 15) is 4.79 Å². The summed E-state index contributed by atoms with van der Waals surface area (Å²) in [6, 6.07) is 15.2. The highest BCUT2D eigenvalue weighted by molar-refractivity contribution is 7.45. The first-order valence-corrected chi connectivity index (χ1v) is 10.9. The minimum Gasteiger partial charge on any atom is -0.481 e. The number of fused-ring (bicyclic) bond motifs is 1. The van der Waals surface area contributed by atoms with Crippen molar-refractivity contribution in [3.63, 3.8) is 0 Å². The van der Waals surface area contributed by atoms with E-state index in [-0.39, 0.29) is 17.1 Å². The molecule has 1 unspecified atom stereocenters. The van der Waals surface area contributed by atoms with Gasteiger partial charge in [-0.3, -0.25) is 0 Å². The summed E-state index contributed by atoms with van der Waals surface area (Å²) in [6.45, 7) is 11.4. The third-order valence-corrected chi connectivity index (χ3v) is 6.90. The largest absolute Gasteiger partial charge is 0.481 e. The molecule has 0 radical (unpaired) electrons. The topological polar surface area (TPSA) is 35.5 Å². The van der Waals surface area contributed by atoms with Crippen LogP contribution in [0, 0.1) is 32.6 Å². The summed E-state index contributed by atoms with van der Waals surface area (Å²) in [5.74, 6) is 5.96. The van der Waals surface area contributed by atoms with Gasteiger partial charge in [-0.1, -0.05) is 18.1 Å².